The molecule has 2 aromatic rings. The second kappa shape index (κ2) is 5.76. The van der Waals surface area contributed by atoms with E-state index in [4.69, 9.17) is 0 Å². The molecule has 1 heterocycles. The number of aryl methyl sites for hydroxylation is 2. The molecular weight excluding hydrogens is 274 g/mol. The van der Waals surface area contributed by atoms with Crippen LogP contribution in [-0.2, 0) is 16.6 Å². The van der Waals surface area contributed by atoms with E-state index in [0.717, 1.165) is 11.1 Å². The van der Waals surface area contributed by atoms with Gasteiger partial charge in [0, 0.05) is 18.4 Å². The molecule has 6 heteroatoms. The Morgan fingerprint density at radius 3 is 2.70 bits per heavy atom. The van der Waals surface area contributed by atoms with Crippen LogP contribution in [0.2, 0.25) is 0 Å². The van der Waals surface area contributed by atoms with Crippen LogP contribution in [0, 0.1) is 13.8 Å². The third kappa shape index (κ3) is 3.46. The molecule has 0 fully saturated rings. The maximum absolute atomic E-state index is 12.4. The lowest BCUT2D eigenvalue weighted by Gasteiger charge is -2.15. The molecule has 0 radical (unpaired) electrons. The molecular formula is C14H19N3O2S. The molecule has 0 aliphatic rings. The number of aromatic nitrogens is 2. The Bertz CT molecular complexity index is 678. The quantitative estimate of drug-likeness (QED) is 0.915. The van der Waals surface area contributed by atoms with Gasteiger partial charge in [-0.3, -0.25) is 4.68 Å². The zero-order valence-corrected chi connectivity index (χ0v) is 12.7. The van der Waals surface area contributed by atoms with E-state index >= 15 is 0 Å². The third-order valence-corrected chi connectivity index (χ3v) is 4.75. The van der Waals surface area contributed by atoms with Crippen LogP contribution in [0.15, 0.2) is 41.6 Å². The van der Waals surface area contributed by atoms with Crippen molar-refractivity contribution in [2.24, 2.45) is 0 Å². The zero-order valence-electron chi connectivity index (χ0n) is 11.9. The summed E-state index contributed by atoms with van der Waals surface area (Å²) in [7, 11) is -3.50. The molecule has 1 aromatic carbocycles. The Morgan fingerprint density at radius 1 is 1.35 bits per heavy atom. The Kier molecular flexibility index (Phi) is 4.25. The van der Waals surface area contributed by atoms with Crippen molar-refractivity contribution < 1.29 is 8.42 Å². The second-order valence-electron chi connectivity index (χ2n) is 5.02. The highest BCUT2D eigenvalue weighted by Crippen LogP contribution is 2.16. The van der Waals surface area contributed by atoms with Crippen molar-refractivity contribution in [1.82, 2.24) is 14.5 Å². The predicted molar refractivity (Wildman–Crippen MR) is 77.9 cm³/mol. The summed E-state index contributed by atoms with van der Waals surface area (Å²) in [6.07, 6.45) is 3.48. The van der Waals surface area contributed by atoms with Gasteiger partial charge in [0.05, 0.1) is 11.4 Å². The first-order chi connectivity index (χ1) is 9.38. The van der Waals surface area contributed by atoms with Crippen molar-refractivity contribution in [3.8, 4) is 0 Å². The van der Waals surface area contributed by atoms with Crippen LogP contribution in [-0.4, -0.2) is 24.2 Å². The molecule has 0 unspecified atom stereocenters. The van der Waals surface area contributed by atoms with E-state index in [1.165, 1.54) is 0 Å². The van der Waals surface area contributed by atoms with E-state index in [-0.39, 0.29) is 6.04 Å². The van der Waals surface area contributed by atoms with E-state index < -0.39 is 10.0 Å². The summed E-state index contributed by atoms with van der Waals surface area (Å²) in [4.78, 5) is 0.329. The lowest BCUT2D eigenvalue weighted by atomic mass is 10.2. The topological polar surface area (TPSA) is 64.0 Å². The standard InChI is InChI=1S/C14H19N3O2S/c1-11-5-6-14(12(2)9-11)20(18,19)16-13(3)10-17-8-4-7-15-17/h4-9,13,16H,10H2,1-3H3/t13-/m0/s1. The largest absolute Gasteiger partial charge is 0.271 e. The molecule has 0 saturated carbocycles. The average Bonchev–Trinajstić information content (AvgIpc) is 2.79. The normalized spacial score (nSPS) is 13.3. The first-order valence-electron chi connectivity index (χ1n) is 6.45. The van der Waals surface area contributed by atoms with Crippen LogP contribution in [0.4, 0.5) is 0 Å². The minimum absolute atomic E-state index is 0.236. The van der Waals surface area contributed by atoms with E-state index in [2.05, 4.69) is 9.82 Å². The van der Waals surface area contributed by atoms with Gasteiger partial charge < -0.3 is 0 Å². The molecule has 0 spiro atoms. The molecule has 0 saturated heterocycles. The number of hydrogen-bond acceptors (Lipinski definition) is 3. The van der Waals surface area contributed by atoms with E-state index in [1.807, 2.05) is 32.2 Å². The van der Waals surface area contributed by atoms with Gasteiger partial charge in [0.1, 0.15) is 0 Å². The van der Waals surface area contributed by atoms with Gasteiger partial charge in [-0.05, 0) is 38.5 Å². The zero-order chi connectivity index (χ0) is 14.8. The van der Waals surface area contributed by atoms with Gasteiger partial charge in [0.25, 0.3) is 0 Å². The molecule has 0 aliphatic heterocycles. The van der Waals surface area contributed by atoms with Crippen LogP contribution < -0.4 is 4.72 Å². The summed E-state index contributed by atoms with van der Waals surface area (Å²) in [6, 6.07) is 6.89. The van der Waals surface area contributed by atoms with Gasteiger partial charge in [-0.1, -0.05) is 17.7 Å². The third-order valence-electron chi connectivity index (χ3n) is 3.00. The molecule has 0 bridgehead atoms. The van der Waals surface area contributed by atoms with Gasteiger partial charge in [0.15, 0.2) is 0 Å². The Balaban J connectivity index is 2.14. The molecule has 0 amide bonds. The summed E-state index contributed by atoms with van der Waals surface area (Å²) in [5.41, 5.74) is 1.80. The monoisotopic (exact) mass is 293 g/mol. The second-order valence-corrected chi connectivity index (χ2v) is 6.70. The van der Waals surface area contributed by atoms with Crippen LogP contribution in [0.25, 0.3) is 0 Å². The smallest absolute Gasteiger partial charge is 0.241 e. The van der Waals surface area contributed by atoms with Gasteiger partial charge >= 0.3 is 0 Å². The molecule has 1 atom stereocenters. The molecule has 20 heavy (non-hydrogen) atoms. The minimum Gasteiger partial charge on any atom is -0.271 e. The SMILES string of the molecule is Cc1ccc(S(=O)(=O)N[C@@H](C)Cn2cccn2)c(C)c1. The lowest BCUT2D eigenvalue weighted by molar-refractivity contribution is 0.493. The van der Waals surface area contributed by atoms with Crippen molar-refractivity contribution in [1.29, 1.82) is 0 Å². The molecule has 2 rings (SSSR count). The minimum atomic E-state index is -3.50. The van der Waals surface area contributed by atoms with Gasteiger partial charge in [0.2, 0.25) is 10.0 Å². The van der Waals surface area contributed by atoms with Crippen LogP contribution in [0.1, 0.15) is 18.1 Å². The highest BCUT2D eigenvalue weighted by molar-refractivity contribution is 7.89. The predicted octanol–water partition coefficient (Wildman–Crippen LogP) is 1.87. The summed E-state index contributed by atoms with van der Waals surface area (Å²) < 4.78 is 29.1. The van der Waals surface area contributed by atoms with Crippen molar-refractivity contribution >= 4 is 10.0 Å². The Labute approximate surface area is 119 Å². The van der Waals surface area contributed by atoms with Gasteiger partial charge in [-0.15, -0.1) is 0 Å². The molecule has 1 N–H and O–H groups in total. The van der Waals surface area contributed by atoms with Crippen LogP contribution in [0.5, 0.6) is 0 Å². The number of sulfonamides is 1. The van der Waals surface area contributed by atoms with E-state index in [0.29, 0.717) is 11.4 Å². The lowest BCUT2D eigenvalue weighted by Crippen LogP contribution is -2.36. The summed E-state index contributed by atoms with van der Waals surface area (Å²) >= 11 is 0. The Hall–Kier alpha value is -1.66. The van der Waals surface area contributed by atoms with Crippen LogP contribution >= 0.6 is 0 Å². The fraction of sp³-hybridized carbons (Fsp3) is 0.357. The number of nitrogens with zero attached hydrogens (tertiary/aromatic N) is 2. The number of rotatable bonds is 5. The van der Waals surface area contributed by atoms with E-state index in [9.17, 15) is 8.42 Å². The highest BCUT2D eigenvalue weighted by Gasteiger charge is 2.19. The maximum atomic E-state index is 12.4. The average molecular weight is 293 g/mol. The number of benzene rings is 1. The van der Waals surface area contributed by atoms with Crippen molar-refractivity contribution in [3.05, 3.63) is 47.8 Å². The fourth-order valence-electron chi connectivity index (χ4n) is 2.16. The Morgan fingerprint density at radius 2 is 2.10 bits per heavy atom. The maximum Gasteiger partial charge on any atom is 0.241 e. The first-order valence-corrected chi connectivity index (χ1v) is 7.94. The fourth-order valence-corrected chi connectivity index (χ4v) is 3.62. The molecule has 1 aromatic heterocycles. The van der Waals surface area contributed by atoms with Crippen LogP contribution in [0.3, 0.4) is 0 Å². The molecule has 0 aliphatic carbocycles. The van der Waals surface area contributed by atoms with Crippen molar-refractivity contribution in [2.45, 2.75) is 38.3 Å². The molecule has 5 nitrogen and oxygen atoms in total. The summed E-state index contributed by atoms with van der Waals surface area (Å²) in [6.45, 7) is 6.07. The van der Waals surface area contributed by atoms with Gasteiger partial charge in [-0.25, -0.2) is 13.1 Å². The number of hydrogen-bond donors (Lipinski definition) is 1. The number of nitrogens with one attached hydrogen (secondary N) is 1. The summed E-state index contributed by atoms with van der Waals surface area (Å²) in [5.74, 6) is 0. The van der Waals surface area contributed by atoms with Crippen molar-refractivity contribution in [2.75, 3.05) is 0 Å². The summed E-state index contributed by atoms with van der Waals surface area (Å²) in [5, 5.41) is 4.07. The first kappa shape index (κ1) is 14.7. The van der Waals surface area contributed by atoms with E-state index in [1.54, 1.807) is 29.9 Å². The van der Waals surface area contributed by atoms with Crippen molar-refractivity contribution in [3.63, 3.8) is 0 Å². The van der Waals surface area contributed by atoms with Gasteiger partial charge in [-0.2, -0.15) is 5.10 Å². The highest BCUT2D eigenvalue weighted by atomic mass is 32.2. The molecule has 108 valence electrons.